The van der Waals surface area contributed by atoms with Crippen LogP contribution in [0.1, 0.15) is 59.3 Å². The molecule has 0 aromatic rings. The number of amides is 1. The van der Waals surface area contributed by atoms with E-state index in [1.165, 1.54) is 6.42 Å². The Hall–Kier alpha value is -1.04. The van der Waals surface area contributed by atoms with Crippen molar-refractivity contribution in [3.8, 4) is 6.07 Å². The summed E-state index contributed by atoms with van der Waals surface area (Å²) in [5, 5.41) is 12.2. The average molecular weight is 222 g/mol. The summed E-state index contributed by atoms with van der Waals surface area (Å²) in [7, 11) is 0. The summed E-state index contributed by atoms with van der Waals surface area (Å²) in [6.07, 6.45) is 5.36. The Kier molecular flexibility index (Phi) is 3.96. The van der Waals surface area contributed by atoms with Gasteiger partial charge < -0.3 is 5.32 Å². The van der Waals surface area contributed by atoms with Gasteiger partial charge in [-0.3, -0.25) is 4.79 Å². The molecule has 1 aliphatic rings. The molecule has 1 N–H and O–H groups in total. The lowest BCUT2D eigenvalue weighted by atomic mass is 9.82. The molecule has 3 heteroatoms. The van der Waals surface area contributed by atoms with Gasteiger partial charge in [0.1, 0.15) is 5.54 Å². The molecule has 0 aliphatic heterocycles. The molecule has 90 valence electrons. The van der Waals surface area contributed by atoms with Crippen molar-refractivity contribution in [2.45, 2.75) is 64.8 Å². The van der Waals surface area contributed by atoms with E-state index < -0.39 is 5.54 Å². The van der Waals surface area contributed by atoms with Crippen molar-refractivity contribution >= 4 is 5.91 Å². The molecular formula is C13H22N2O. The fourth-order valence-corrected chi connectivity index (χ4v) is 2.21. The van der Waals surface area contributed by atoms with E-state index in [0.717, 1.165) is 25.7 Å². The zero-order chi connectivity index (χ0) is 12.2. The minimum absolute atomic E-state index is 0.0101. The van der Waals surface area contributed by atoms with E-state index in [1.54, 1.807) is 0 Å². The van der Waals surface area contributed by atoms with Crippen molar-refractivity contribution in [1.29, 1.82) is 5.26 Å². The fourth-order valence-electron chi connectivity index (χ4n) is 2.21. The monoisotopic (exact) mass is 222 g/mol. The normalized spacial score (nSPS) is 19.9. The number of nitrogens with one attached hydrogen (secondary N) is 1. The minimum Gasteiger partial charge on any atom is -0.338 e. The van der Waals surface area contributed by atoms with Crippen LogP contribution in [0.25, 0.3) is 0 Å². The summed E-state index contributed by atoms with van der Waals surface area (Å²) in [5.41, 5.74) is -0.601. The molecule has 0 spiro atoms. The Bertz CT molecular complexity index is 290. The van der Waals surface area contributed by atoms with Gasteiger partial charge in [0.25, 0.3) is 0 Å². The lowest BCUT2D eigenvalue weighted by Crippen LogP contribution is -2.49. The van der Waals surface area contributed by atoms with Crippen molar-refractivity contribution in [1.82, 2.24) is 5.32 Å². The standard InChI is InChI=1S/C13H22N2O/c1-12(2,3)9-11(16)15-13(10-14)7-5-4-6-8-13/h4-9H2,1-3H3,(H,15,16). The van der Waals surface area contributed by atoms with Gasteiger partial charge in [0.15, 0.2) is 0 Å². The molecule has 0 aromatic carbocycles. The first kappa shape index (κ1) is 13.0. The first-order chi connectivity index (χ1) is 7.37. The molecule has 0 unspecified atom stereocenters. The van der Waals surface area contributed by atoms with Crippen LogP contribution in [0, 0.1) is 16.7 Å². The third kappa shape index (κ3) is 3.84. The van der Waals surface area contributed by atoms with Gasteiger partial charge in [0.05, 0.1) is 6.07 Å². The molecule has 0 atom stereocenters. The number of carbonyl (C=O) groups is 1. The Morgan fingerprint density at radius 2 is 1.88 bits per heavy atom. The van der Waals surface area contributed by atoms with Crippen LogP contribution < -0.4 is 5.32 Å². The quantitative estimate of drug-likeness (QED) is 0.781. The predicted molar refractivity (Wildman–Crippen MR) is 63.6 cm³/mol. The van der Waals surface area contributed by atoms with Crippen LogP contribution in [-0.2, 0) is 4.79 Å². The number of nitrogens with zero attached hydrogens (tertiary/aromatic N) is 1. The average Bonchev–Trinajstić information content (AvgIpc) is 2.16. The van der Waals surface area contributed by atoms with Crippen molar-refractivity contribution in [3.05, 3.63) is 0 Å². The van der Waals surface area contributed by atoms with Gasteiger partial charge in [-0.25, -0.2) is 0 Å². The van der Waals surface area contributed by atoms with E-state index in [2.05, 4.69) is 11.4 Å². The number of rotatable bonds is 2. The lowest BCUT2D eigenvalue weighted by molar-refractivity contribution is -0.124. The highest BCUT2D eigenvalue weighted by Gasteiger charge is 2.34. The Morgan fingerprint density at radius 3 is 2.31 bits per heavy atom. The second-order valence-corrected chi connectivity index (χ2v) is 6.04. The molecule has 0 saturated heterocycles. The van der Waals surface area contributed by atoms with Crippen molar-refractivity contribution < 1.29 is 4.79 Å². The van der Waals surface area contributed by atoms with Crippen LogP contribution in [0.2, 0.25) is 0 Å². The van der Waals surface area contributed by atoms with E-state index in [0.29, 0.717) is 6.42 Å². The predicted octanol–water partition coefficient (Wildman–Crippen LogP) is 2.77. The number of hydrogen-bond acceptors (Lipinski definition) is 2. The largest absolute Gasteiger partial charge is 0.338 e. The summed E-state index contributed by atoms with van der Waals surface area (Å²) < 4.78 is 0. The van der Waals surface area contributed by atoms with E-state index in [1.807, 2.05) is 20.8 Å². The molecule has 0 radical (unpaired) electrons. The highest BCUT2D eigenvalue weighted by molar-refractivity contribution is 5.77. The smallest absolute Gasteiger partial charge is 0.221 e. The molecule has 1 fully saturated rings. The maximum absolute atomic E-state index is 11.8. The van der Waals surface area contributed by atoms with Gasteiger partial charge in [-0.2, -0.15) is 5.26 Å². The summed E-state index contributed by atoms with van der Waals surface area (Å²) in [4.78, 5) is 11.8. The molecule has 16 heavy (non-hydrogen) atoms. The van der Waals surface area contributed by atoms with Crippen LogP contribution in [-0.4, -0.2) is 11.4 Å². The van der Waals surface area contributed by atoms with Gasteiger partial charge in [0, 0.05) is 6.42 Å². The first-order valence-corrected chi connectivity index (χ1v) is 6.09. The fraction of sp³-hybridized carbons (Fsp3) is 0.846. The van der Waals surface area contributed by atoms with E-state index in [9.17, 15) is 10.1 Å². The maximum atomic E-state index is 11.8. The van der Waals surface area contributed by atoms with E-state index in [-0.39, 0.29) is 11.3 Å². The minimum atomic E-state index is -0.583. The van der Waals surface area contributed by atoms with E-state index >= 15 is 0 Å². The summed E-state index contributed by atoms with van der Waals surface area (Å²) in [5.74, 6) is 0.0101. The van der Waals surface area contributed by atoms with Crippen molar-refractivity contribution in [3.63, 3.8) is 0 Å². The number of hydrogen-bond donors (Lipinski definition) is 1. The topological polar surface area (TPSA) is 52.9 Å². The number of nitriles is 1. The summed E-state index contributed by atoms with van der Waals surface area (Å²) >= 11 is 0. The second kappa shape index (κ2) is 4.86. The molecule has 0 aromatic heterocycles. The molecule has 1 amide bonds. The Morgan fingerprint density at radius 1 is 1.31 bits per heavy atom. The molecule has 0 bridgehead atoms. The van der Waals surface area contributed by atoms with Crippen LogP contribution in [0.4, 0.5) is 0 Å². The maximum Gasteiger partial charge on any atom is 0.221 e. The molecule has 1 saturated carbocycles. The molecular weight excluding hydrogens is 200 g/mol. The van der Waals surface area contributed by atoms with Gasteiger partial charge in [-0.1, -0.05) is 40.0 Å². The van der Waals surface area contributed by atoms with E-state index in [4.69, 9.17) is 0 Å². The molecule has 1 aliphatic carbocycles. The highest BCUT2D eigenvalue weighted by Crippen LogP contribution is 2.28. The molecule has 3 nitrogen and oxygen atoms in total. The van der Waals surface area contributed by atoms with Gasteiger partial charge in [-0.05, 0) is 18.3 Å². The molecule has 1 rings (SSSR count). The summed E-state index contributed by atoms with van der Waals surface area (Å²) in [6.45, 7) is 6.10. The third-order valence-corrected chi connectivity index (χ3v) is 2.99. The summed E-state index contributed by atoms with van der Waals surface area (Å²) in [6, 6.07) is 2.30. The van der Waals surface area contributed by atoms with Gasteiger partial charge in [-0.15, -0.1) is 0 Å². The zero-order valence-electron chi connectivity index (χ0n) is 10.6. The van der Waals surface area contributed by atoms with Crippen LogP contribution >= 0.6 is 0 Å². The Labute approximate surface area is 98.2 Å². The van der Waals surface area contributed by atoms with Gasteiger partial charge in [0.2, 0.25) is 5.91 Å². The Balaban J connectivity index is 2.57. The van der Waals surface area contributed by atoms with Crippen LogP contribution in [0.15, 0.2) is 0 Å². The van der Waals surface area contributed by atoms with Crippen molar-refractivity contribution in [2.75, 3.05) is 0 Å². The lowest BCUT2D eigenvalue weighted by Gasteiger charge is -2.32. The van der Waals surface area contributed by atoms with Crippen LogP contribution in [0.5, 0.6) is 0 Å². The van der Waals surface area contributed by atoms with Crippen LogP contribution in [0.3, 0.4) is 0 Å². The number of carbonyl (C=O) groups excluding carboxylic acids is 1. The SMILES string of the molecule is CC(C)(C)CC(=O)NC1(C#N)CCCCC1. The zero-order valence-corrected chi connectivity index (χ0v) is 10.6. The molecule has 0 heterocycles. The second-order valence-electron chi connectivity index (χ2n) is 6.04. The highest BCUT2D eigenvalue weighted by atomic mass is 16.1. The van der Waals surface area contributed by atoms with Crippen molar-refractivity contribution in [2.24, 2.45) is 5.41 Å². The first-order valence-electron chi connectivity index (χ1n) is 6.09. The van der Waals surface area contributed by atoms with Gasteiger partial charge >= 0.3 is 0 Å². The third-order valence-electron chi connectivity index (χ3n) is 2.99.